The highest BCUT2D eigenvalue weighted by molar-refractivity contribution is 7.89. The molecular weight excluding hydrogens is 383 g/mol. The molecule has 2 aromatic carbocycles. The highest BCUT2D eigenvalue weighted by Crippen LogP contribution is 2.20. The lowest BCUT2D eigenvalue weighted by atomic mass is 10.2. The molecule has 1 fully saturated rings. The molecule has 1 saturated heterocycles. The average Bonchev–Trinajstić information content (AvgIpc) is 2.72. The molecule has 28 heavy (non-hydrogen) atoms. The standard InChI is InChI=1S/C20H23FN2O4S/c21-18-9-4-5-10-19(18)28(25,26)23-14-12-22(13-15-23)20(24)11-6-16-27-17-7-2-1-3-8-17/h1-5,7-10H,6,11-16H2. The van der Waals surface area contributed by atoms with E-state index in [1.165, 1.54) is 22.5 Å². The van der Waals surface area contributed by atoms with Crippen molar-refractivity contribution >= 4 is 15.9 Å². The molecule has 1 aliphatic heterocycles. The summed E-state index contributed by atoms with van der Waals surface area (Å²) in [6, 6.07) is 14.7. The summed E-state index contributed by atoms with van der Waals surface area (Å²) in [4.78, 5) is 13.7. The molecule has 0 aliphatic carbocycles. The molecule has 1 amide bonds. The molecule has 2 aromatic rings. The molecule has 1 aliphatic rings. The maximum Gasteiger partial charge on any atom is 0.246 e. The summed E-state index contributed by atoms with van der Waals surface area (Å²) in [5.41, 5.74) is 0. The Kier molecular flexibility index (Phi) is 6.64. The van der Waals surface area contributed by atoms with Crippen LogP contribution < -0.4 is 4.74 Å². The third-order valence-electron chi connectivity index (χ3n) is 4.59. The highest BCUT2D eigenvalue weighted by Gasteiger charge is 2.31. The minimum atomic E-state index is -3.89. The molecule has 0 atom stereocenters. The van der Waals surface area contributed by atoms with Gasteiger partial charge in [0.1, 0.15) is 16.5 Å². The van der Waals surface area contributed by atoms with Gasteiger partial charge in [-0.15, -0.1) is 0 Å². The number of halogens is 1. The lowest BCUT2D eigenvalue weighted by Crippen LogP contribution is -2.50. The van der Waals surface area contributed by atoms with Gasteiger partial charge in [0, 0.05) is 32.6 Å². The number of nitrogens with zero attached hydrogens (tertiary/aromatic N) is 2. The number of piperazine rings is 1. The van der Waals surface area contributed by atoms with Crippen LogP contribution in [0.2, 0.25) is 0 Å². The van der Waals surface area contributed by atoms with E-state index >= 15 is 0 Å². The Morgan fingerprint density at radius 1 is 0.964 bits per heavy atom. The maximum absolute atomic E-state index is 13.9. The summed E-state index contributed by atoms with van der Waals surface area (Å²) in [6.07, 6.45) is 0.925. The highest BCUT2D eigenvalue weighted by atomic mass is 32.2. The fraction of sp³-hybridized carbons (Fsp3) is 0.350. The molecule has 0 radical (unpaired) electrons. The number of carbonyl (C=O) groups is 1. The van der Waals surface area contributed by atoms with Gasteiger partial charge >= 0.3 is 0 Å². The van der Waals surface area contributed by atoms with E-state index in [1.54, 1.807) is 4.90 Å². The smallest absolute Gasteiger partial charge is 0.246 e. The number of hydrogen-bond donors (Lipinski definition) is 0. The Morgan fingerprint density at radius 3 is 2.29 bits per heavy atom. The average molecular weight is 406 g/mol. The van der Waals surface area contributed by atoms with Crippen molar-refractivity contribution in [1.82, 2.24) is 9.21 Å². The van der Waals surface area contributed by atoms with Gasteiger partial charge in [-0.3, -0.25) is 4.79 Å². The monoisotopic (exact) mass is 406 g/mol. The Labute approximate surface area is 164 Å². The summed E-state index contributed by atoms with van der Waals surface area (Å²) in [5.74, 6) is -0.0269. The zero-order valence-corrected chi connectivity index (χ0v) is 16.3. The summed E-state index contributed by atoms with van der Waals surface area (Å²) < 4.78 is 45.9. The lowest BCUT2D eigenvalue weighted by molar-refractivity contribution is -0.132. The van der Waals surface area contributed by atoms with Crippen LogP contribution in [0, 0.1) is 5.82 Å². The van der Waals surface area contributed by atoms with Crippen LogP contribution >= 0.6 is 0 Å². The number of rotatable bonds is 7. The predicted molar refractivity (Wildman–Crippen MR) is 103 cm³/mol. The van der Waals surface area contributed by atoms with E-state index in [1.807, 2.05) is 30.3 Å². The van der Waals surface area contributed by atoms with Crippen molar-refractivity contribution in [1.29, 1.82) is 0 Å². The quantitative estimate of drug-likeness (QED) is 0.663. The third kappa shape index (κ3) is 4.88. The maximum atomic E-state index is 13.9. The van der Waals surface area contributed by atoms with Gasteiger partial charge in [0.2, 0.25) is 15.9 Å². The van der Waals surface area contributed by atoms with Crippen LogP contribution in [0.3, 0.4) is 0 Å². The fourth-order valence-corrected chi connectivity index (χ4v) is 4.55. The molecule has 0 N–H and O–H groups in total. The van der Waals surface area contributed by atoms with Gasteiger partial charge in [-0.05, 0) is 30.7 Å². The number of carbonyl (C=O) groups excluding carboxylic acids is 1. The normalized spacial score (nSPS) is 15.4. The molecular formula is C20H23FN2O4S. The number of ether oxygens (including phenoxy) is 1. The van der Waals surface area contributed by atoms with Crippen molar-refractivity contribution < 1.29 is 22.3 Å². The van der Waals surface area contributed by atoms with Crippen LogP contribution in [0.1, 0.15) is 12.8 Å². The molecule has 6 nitrogen and oxygen atoms in total. The van der Waals surface area contributed by atoms with Crippen LogP contribution in [0.4, 0.5) is 4.39 Å². The molecule has 0 spiro atoms. The number of hydrogen-bond acceptors (Lipinski definition) is 4. The van der Waals surface area contributed by atoms with E-state index in [2.05, 4.69) is 0 Å². The van der Waals surface area contributed by atoms with Crippen LogP contribution in [-0.2, 0) is 14.8 Å². The summed E-state index contributed by atoms with van der Waals surface area (Å²) >= 11 is 0. The Hall–Kier alpha value is -2.45. The van der Waals surface area contributed by atoms with Crippen molar-refractivity contribution in [2.45, 2.75) is 17.7 Å². The van der Waals surface area contributed by atoms with Crippen molar-refractivity contribution in [2.75, 3.05) is 32.8 Å². The zero-order valence-electron chi connectivity index (χ0n) is 15.5. The molecule has 0 bridgehead atoms. The van der Waals surface area contributed by atoms with Crippen molar-refractivity contribution in [3.63, 3.8) is 0 Å². The fourth-order valence-electron chi connectivity index (χ4n) is 3.06. The summed E-state index contributed by atoms with van der Waals surface area (Å²) in [6.45, 7) is 1.35. The minimum Gasteiger partial charge on any atom is -0.494 e. The summed E-state index contributed by atoms with van der Waals surface area (Å²) in [7, 11) is -3.89. The molecule has 0 unspecified atom stereocenters. The number of benzene rings is 2. The van der Waals surface area contributed by atoms with E-state index in [0.717, 1.165) is 11.8 Å². The first-order chi connectivity index (χ1) is 13.5. The Morgan fingerprint density at radius 2 is 1.61 bits per heavy atom. The Balaban J connectivity index is 1.45. The third-order valence-corrected chi connectivity index (χ3v) is 6.52. The van der Waals surface area contributed by atoms with Gasteiger partial charge in [-0.1, -0.05) is 30.3 Å². The second kappa shape index (κ2) is 9.16. The molecule has 0 aromatic heterocycles. The second-order valence-electron chi connectivity index (χ2n) is 6.48. The molecule has 3 rings (SSSR count). The van der Waals surface area contributed by atoms with E-state index < -0.39 is 15.8 Å². The van der Waals surface area contributed by atoms with Gasteiger partial charge in [0.15, 0.2) is 0 Å². The number of sulfonamides is 1. The van der Waals surface area contributed by atoms with E-state index in [-0.39, 0.29) is 23.9 Å². The van der Waals surface area contributed by atoms with Gasteiger partial charge in [0.05, 0.1) is 6.61 Å². The van der Waals surface area contributed by atoms with E-state index in [9.17, 15) is 17.6 Å². The first-order valence-corrected chi connectivity index (χ1v) is 10.6. The van der Waals surface area contributed by atoms with Gasteiger partial charge < -0.3 is 9.64 Å². The Bertz CT molecular complexity index is 897. The molecule has 0 saturated carbocycles. The molecule has 150 valence electrons. The van der Waals surface area contributed by atoms with Gasteiger partial charge in [0.25, 0.3) is 0 Å². The van der Waals surface area contributed by atoms with Crippen molar-refractivity contribution in [3.8, 4) is 5.75 Å². The molecule has 8 heteroatoms. The van der Waals surface area contributed by atoms with Crippen molar-refractivity contribution in [3.05, 3.63) is 60.4 Å². The van der Waals surface area contributed by atoms with E-state index in [0.29, 0.717) is 32.5 Å². The topological polar surface area (TPSA) is 66.9 Å². The van der Waals surface area contributed by atoms with Gasteiger partial charge in [-0.25, -0.2) is 12.8 Å². The van der Waals surface area contributed by atoms with Crippen molar-refractivity contribution in [2.24, 2.45) is 0 Å². The van der Waals surface area contributed by atoms with Gasteiger partial charge in [-0.2, -0.15) is 4.31 Å². The number of para-hydroxylation sites is 1. The first kappa shape index (κ1) is 20.3. The van der Waals surface area contributed by atoms with E-state index in [4.69, 9.17) is 4.74 Å². The van der Waals surface area contributed by atoms with Crippen LogP contribution in [0.5, 0.6) is 5.75 Å². The zero-order chi connectivity index (χ0) is 20.0. The minimum absolute atomic E-state index is 0.0281. The number of amides is 1. The lowest BCUT2D eigenvalue weighted by Gasteiger charge is -2.34. The summed E-state index contributed by atoms with van der Waals surface area (Å²) in [5, 5.41) is 0. The molecule has 1 heterocycles. The SMILES string of the molecule is O=C(CCCOc1ccccc1)N1CCN(S(=O)(=O)c2ccccc2F)CC1. The predicted octanol–water partition coefficient (Wildman–Crippen LogP) is 2.52. The first-order valence-electron chi connectivity index (χ1n) is 9.19. The van der Waals surface area contributed by atoms with Crippen LogP contribution in [-0.4, -0.2) is 56.3 Å². The largest absolute Gasteiger partial charge is 0.494 e. The van der Waals surface area contributed by atoms with Crippen LogP contribution in [0.15, 0.2) is 59.5 Å². The van der Waals surface area contributed by atoms with Crippen LogP contribution in [0.25, 0.3) is 0 Å². The second-order valence-corrected chi connectivity index (χ2v) is 8.39.